The maximum atomic E-state index is 12.6. The van der Waals surface area contributed by atoms with Gasteiger partial charge in [0.05, 0.1) is 10.5 Å². The summed E-state index contributed by atoms with van der Waals surface area (Å²) < 4.78 is 31.6. The molecular weight excluding hydrogens is 374 g/mol. The molecule has 148 valence electrons. The Hall–Kier alpha value is -2.46. The van der Waals surface area contributed by atoms with Crippen LogP contribution in [-0.4, -0.2) is 56.4 Å². The summed E-state index contributed by atoms with van der Waals surface area (Å²) in [5.74, 6) is -1.64. The Morgan fingerprint density at radius 2 is 1.89 bits per heavy atom. The molecule has 0 aromatic heterocycles. The van der Waals surface area contributed by atoms with Gasteiger partial charge in [0.15, 0.2) is 6.10 Å². The number of amides is 3. The van der Waals surface area contributed by atoms with Crippen molar-refractivity contribution in [3.05, 3.63) is 29.8 Å². The first-order chi connectivity index (χ1) is 12.8. The van der Waals surface area contributed by atoms with Crippen LogP contribution >= 0.6 is 0 Å². The monoisotopic (exact) mass is 397 g/mol. The fourth-order valence-electron chi connectivity index (χ4n) is 2.56. The van der Waals surface area contributed by atoms with Crippen molar-refractivity contribution in [1.82, 2.24) is 14.9 Å². The Labute approximate surface area is 158 Å². The Morgan fingerprint density at radius 3 is 2.52 bits per heavy atom. The number of sulfonamides is 1. The number of hydrogen-bond donors (Lipinski definition) is 2. The lowest BCUT2D eigenvalue weighted by Crippen LogP contribution is -2.44. The van der Waals surface area contributed by atoms with E-state index in [0.717, 1.165) is 12.8 Å². The van der Waals surface area contributed by atoms with Crippen molar-refractivity contribution >= 4 is 27.9 Å². The zero-order valence-corrected chi connectivity index (χ0v) is 16.0. The number of benzene rings is 1. The maximum Gasteiger partial charge on any atom is 0.338 e. The van der Waals surface area contributed by atoms with E-state index < -0.39 is 34.0 Å². The van der Waals surface area contributed by atoms with Crippen molar-refractivity contribution in [2.45, 2.75) is 37.7 Å². The highest BCUT2D eigenvalue weighted by atomic mass is 32.2. The van der Waals surface area contributed by atoms with Gasteiger partial charge in [0.25, 0.3) is 5.91 Å². The number of carbonyl (C=O) groups excluding carboxylic acids is 3. The first-order valence-corrected chi connectivity index (χ1v) is 10.1. The zero-order valence-electron chi connectivity index (χ0n) is 15.2. The molecule has 1 heterocycles. The molecule has 1 saturated heterocycles. The molecule has 2 N–H and O–H groups in total. The summed E-state index contributed by atoms with van der Waals surface area (Å²) in [6.45, 7) is 4.25. The number of nitrogens with one attached hydrogen (secondary N) is 2. The van der Waals surface area contributed by atoms with E-state index in [9.17, 15) is 22.8 Å². The van der Waals surface area contributed by atoms with Gasteiger partial charge in [-0.3, -0.25) is 10.1 Å². The van der Waals surface area contributed by atoms with Crippen molar-refractivity contribution < 1.29 is 27.5 Å². The lowest BCUT2D eigenvalue weighted by Gasteiger charge is -2.16. The van der Waals surface area contributed by atoms with Crippen molar-refractivity contribution in [3.63, 3.8) is 0 Å². The predicted molar refractivity (Wildman–Crippen MR) is 96.5 cm³/mol. The topological polar surface area (TPSA) is 122 Å². The van der Waals surface area contributed by atoms with Crippen molar-refractivity contribution in [1.29, 1.82) is 0 Å². The smallest absolute Gasteiger partial charge is 0.338 e. The minimum Gasteiger partial charge on any atom is -0.449 e. The van der Waals surface area contributed by atoms with E-state index in [0.29, 0.717) is 19.6 Å². The first-order valence-electron chi connectivity index (χ1n) is 8.65. The maximum absolute atomic E-state index is 12.6. The molecule has 1 fully saturated rings. The van der Waals surface area contributed by atoms with Gasteiger partial charge < -0.3 is 10.1 Å². The number of nitrogens with zero attached hydrogens (tertiary/aromatic N) is 1. The van der Waals surface area contributed by atoms with Crippen LogP contribution in [0.5, 0.6) is 0 Å². The average Bonchev–Trinajstić information content (AvgIpc) is 3.17. The highest BCUT2D eigenvalue weighted by Gasteiger charge is 2.28. The summed E-state index contributed by atoms with van der Waals surface area (Å²) >= 11 is 0. The van der Waals surface area contributed by atoms with Gasteiger partial charge in [-0.2, -0.15) is 4.31 Å². The predicted octanol–water partition coefficient (Wildman–Crippen LogP) is 0.862. The lowest BCUT2D eigenvalue weighted by atomic mass is 10.2. The molecule has 0 unspecified atom stereocenters. The van der Waals surface area contributed by atoms with Gasteiger partial charge >= 0.3 is 12.0 Å². The summed E-state index contributed by atoms with van der Waals surface area (Å²) in [5, 5.41) is 4.43. The van der Waals surface area contributed by atoms with Crippen LogP contribution in [-0.2, 0) is 19.6 Å². The van der Waals surface area contributed by atoms with E-state index >= 15 is 0 Å². The van der Waals surface area contributed by atoms with Crippen LogP contribution in [0.25, 0.3) is 0 Å². The third kappa shape index (κ3) is 5.27. The molecule has 1 aromatic rings. The largest absolute Gasteiger partial charge is 0.449 e. The summed E-state index contributed by atoms with van der Waals surface area (Å²) in [6, 6.07) is 4.79. The highest BCUT2D eigenvalue weighted by molar-refractivity contribution is 7.89. The molecule has 27 heavy (non-hydrogen) atoms. The average molecular weight is 397 g/mol. The third-order valence-electron chi connectivity index (χ3n) is 4.00. The van der Waals surface area contributed by atoms with Crippen LogP contribution in [0.15, 0.2) is 29.2 Å². The second-order valence-electron chi connectivity index (χ2n) is 6.04. The fraction of sp³-hybridized carbons (Fsp3) is 0.471. The number of imide groups is 1. The van der Waals surface area contributed by atoms with Crippen molar-refractivity contribution in [2.24, 2.45) is 0 Å². The molecule has 0 aliphatic carbocycles. The van der Waals surface area contributed by atoms with Gasteiger partial charge in [0, 0.05) is 19.6 Å². The number of carbonyl (C=O) groups is 3. The molecular formula is C17H23N3O6S. The van der Waals surface area contributed by atoms with Crippen LogP contribution in [0.1, 0.15) is 37.0 Å². The minimum atomic E-state index is -3.67. The normalized spacial score (nSPS) is 15.8. The summed E-state index contributed by atoms with van der Waals surface area (Å²) in [6.07, 6.45) is 0.386. The number of hydrogen-bond acceptors (Lipinski definition) is 6. The quantitative estimate of drug-likeness (QED) is 0.687. The summed E-state index contributed by atoms with van der Waals surface area (Å²) in [7, 11) is -3.67. The second kappa shape index (κ2) is 8.96. The van der Waals surface area contributed by atoms with Crippen LogP contribution in [0.4, 0.5) is 4.79 Å². The molecule has 3 amide bonds. The lowest BCUT2D eigenvalue weighted by molar-refractivity contribution is -0.127. The van der Waals surface area contributed by atoms with Crippen molar-refractivity contribution in [3.8, 4) is 0 Å². The Balaban J connectivity index is 2.06. The molecule has 1 aromatic carbocycles. The summed E-state index contributed by atoms with van der Waals surface area (Å²) in [4.78, 5) is 35.4. The van der Waals surface area contributed by atoms with Gasteiger partial charge in [0.2, 0.25) is 10.0 Å². The van der Waals surface area contributed by atoms with E-state index in [1.54, 1.807) is 6.92 Å². The van der Waals surface area contributed by atoms with Crippen molar-refractivity contribution in [2.75, 3.05) is 19.6 Å². The Kier molecular flexibility index (Phi) is 6.92. The summed E-state index contributed by atoms with van der Waals surface area (Å²) in [5.41, 5.74) is 0.00734. The van der Waals surface area contributed by atoms with E-state index in [1.165, 1.54) is 35.5 Å². The molecule has 1 aliphatic heterocycles. The molecule has 1 aliphatic rings. The minimum absolute atomic E-state index is 0.00159. The SMILES string of the molecule is CCNC(=O)NC(=O)[C@H](C)OC(=O)c1cccc(S(=O)(=O)N2CCCC2)c1. The number of urea groups is 1. The zero-order chi connectivity index (χ0) is 20.0. The van der Waals surface area contributed by atoms with Gasteiger partial charge in [-0.15, -0.1) is 0 Å². The number of esters is 1. The van der Waals surface area contributed by atoms with Gasteiger partial charge in [-0.1, -0.05) is 6.07 Å². The Bertz CT molecular complexity index is 818. The van der Waals surface area contributed by atoms with Crippen LogP contribution < -0.4 is 10.6 Å². The molecule has 1 atom stereocenters. The van der Waals surface area contributed by atoms with Crippen LogP contribution in [0.3, 0.4) is 0 Å². The molecule has 0 bridgehead atoms. The van der Waals surface area contributed by atoms with E-state index in [4.69, 9.17) is 4.74 Å². The van der Waals surface area contributed by atoms with Crippen LogP contribution in [0, 0.1) is 0 Å². The molecule has 0 saturated carbocycles. The third-order valence-corrected chi connectivity index (χ3v) is 5.89. The van der Waals surface area contributed by atoms with E-state index in [2.05, 4.69) is 5.32 Å². The molecule has 10 heteroatoms. The van der Waals surface area contributed by atoms with Gasteiger partial charge in [0.1, 0.15) is 0 Å². The highest BCUT2D eigenvalue weighted by Crippen LogP contribution is 2.22. The number of ether oxygens (including phenoxy) is 1. The first kappa shape index (κ1) is 20.8. The standard InChI is InChI=1S/C17H23N3O6S/c1-3-18-17(23)19-15(21)12(2)26-16(22)13-7-6-8-14(11-13)27(24,25)20-9-4-5-10-20/h6-8,11-12H,3-5,9-10H2,1-2H3,(H2,18,19,21,23)/t12-/m0/s1. The van der Waals surface area contributed by atoms with E-state index in [1.807, 2.05) is 5.32 Å². The molecule has 0 radical (unpaired) electrons. The molecule has 2 rings (SSSR count). The van der Waals surface area contributed by atoms with Crippen LogP contribution in [0.2, 0.25) is 0 Å². The fourth-order valence-corrected chi connectivity index (χ4v) is 4.12. The van der Waals surface area contributed by atoms with Gasteiger partial charge in [-0.25, -0.2) is 18.0 Å². The molecule has 9 nitrogen and oxygen atoms in total. The van der Waals surface area contributed by atoms with Gasteiger partial charge in [-0.05, 0) is 44.9 Å². The van der Waals surface area contributed by atoms with E-state index in [-0.39, 0.29) is 10.5 Å². The number of rotatable bonds is 6. The second-order valence-corrected chi connectivity index (χ2v) is 7.97. The Morgan fingerprint density at radius 1 is 1.22 bits per heavy atom. The molecule has 0 spiro atoms.